The number of rotatable bonds is 5. The van der Waals surface area contributed by atoms with E-state index in [0.29, 0.717) is 5.69 Å². The number of benzene rings is 1. The lowest BCUT2D eigenvalue weighted by atomic mass is 10.3. The van der Waals surface area contributed by atoms with Crippen molar-refractivity contribution < 1.29 is 17.9 Å². The van der Waals surface area contributed by atoms with Gasteiger partial charge in [0.1, 0.15) is 12.3 Å². The fraction of sp³-hybridized carbons (Fsp3) is 0.214. The van der Waals surface area contributed by atoms with Crippen LogP contribution >= 0.6 is 0 Å². The molecule has 0 aliphatic carbocycles. The van der Waals surface area contributed by atoms with Crippen LogP contribution in [0.3, 0.4) is 0 Å². The second-order valence-electron chi connectivity index (χ2n) is 4.30. The molecule has 6 nitrogen and oxygen atoms in total. The van der Waals surface area contributed by atoms with Gasteiger partial charge >= 0.3 is 5.97 Å². The molecule has 0 saturated heterocycles. The van der Waals surface area contributed by atoms with Crippen molar-refractivity contribution in [1.29, 1.82) is 0 Å². The first-order chi connectivity index (χ1) is 9.99. The highest BCUT2D eigenvalue weighted by Gasteiger charge is 2.19. The van der Waals surface area contributed by atoms with E-state index >= 15 is 0 Å². The molecule has 0 spiro atoms. The maximum atomic E-state index is 12.3. The van der Waals surface area contributed by atoms with Gasteiger partial charge in [0.05, 0.1) is 16.3 Å². The molecule has 110 valence electrons. The van der Waals surface area contributed by atoms with Crippen LogP contribution in [0.1, 0.15) is 18.3 Å². The molecule has 7 heteroatoms. The molecule has 0 N–H and O–H groups in total. The van der Waals surface area contributed by atoms with Gasteiger partial charge in [0.2, 0.25) is 0 Å². The quantitative estimate of drug-likeness (QED) is 0.778. The summed E-state index contributed by atoms with van der Waals surface area (Å²) in [6, 6.07) is 8.11. The number of hydrogen-bond donors (Lipinski definition) is 0. The van der Waals surface area contributed by atoms with Gasteiger partial charge in [-0.3, -0.25) is 14.8 Å². The minimum Gasteiger partial charge on any atom is -0.459 e. The van der Waals surface area contributed by atoms with Crippen molar-refractivity contribution in [2.24, 2.45) is 0 Å². The number of esters is 1. The SMILES string of the molecule is CC(=O)OCc1nccnc1CS(=O)(=O)c1ccccc1. The van der Waals surface area contributed by atoms with Crippen LogP contribution in [0.15, 0.2) is 47.6 Å². The number of carbonyl (C=O) groups excluding carboxylic acids is 1. The molecular weight excluding hydrogens is 292 g/mol. The molecule has 0 atom stereocenters. The van der Waals surface area contributed by atoms with Crippen LogP contribution < -0.4 is 0 Å². The highest BCUT2D eigenvalue weighted by atomic mass is 32.2. The Balaban J connectivity index is 2.25. The molecule has 0 fully saturated rings. The van der Waals surface area contributed by atoms with Gasteiger partial charge < -0.3 is 4.74 Å². The second kappa shape index (κ2) is 6.45. The molecule has 1 aromatic carbocycles. The van der Waals surface area contributed by atoms with Crippen LogP contribution in [0, 0.1) is 0 Å². The Hall–Kier alpha value is -2.28. The highest BCUT2D eigenvalue weighted by molar-refractivity contribution is 7.90. The lowest BCUT2D eigenvalue weighted by Gasteiger charge is -2.08. The largest absolute Gasteiger partial charge is 0.459 e. The maximum absolute atomic E-state index is 12.3. The number of ether oxygens (including phenoxy) is 1. The van der Waals surface area contributed by atoms with E-state index in [1.54, 1.807) is 18.2 Å². The van der Waals surface area contributed by atoms with Gasteiger partial charge in [-0.1, -0.05) is 18.2 Å². The fourth-order valence-electron chi connectivity index (χ4n) is 1.70. The van der Waals surface area contributed by atoms with Crippen LogP contribution in [-0.4, -0.2) is 24.4 Å². The van der Waals surface area contributed by atoms with E-state index < -0.39 is 15.8 Å². The van der Waals surface area contributed by atoms with Gasteiger partial charge in [-0.05, 0) is 12.1 Å². The van der Waals surface area contributed by atoms with Crippen molar-refractivity contribution >= 4 is 15.8 Å². The summed E-state index contributed by atoms with van der Waals surface area (Å²) >= 11 is 0. The number of sulfone groups is 1. The average Bonchev–Trinajstić information content (AvgIpc) is 2.47. The molecule has 0 aliphatic heterocycles. The maximum Gasteiger partial charge on any atom is 0.303 e. The van der Waals surface area contributed by atoms with Crippen LogP contribution in [-0.2, 0) is 31.7 Å². The summed E-state index contributed by atoms with van der Waals surface area (Å²) < 4.78 is 29.5. The molecule has 0 unspecified atom stereocenters. The number of hydrogen-bond acceptors (Lipinski definition) is 6. The summed E-state index contributed by atoms with van der Waals surface area (Å²) in [5.41, 5.74) is 0.620. The summed E-state index contributed by atoms with van der Waals surface area (Å²) in [6.45, 7) is 1.18. The van der Waals surface area contributed by atoms with Gasteiger partial charge in [-0.25, -0.2) is 8.42 Å². The Morgan fingerprint density at radius 2 is 1.71 bits per heavy atom. The third-order valence-corrected chi connectivity index (χ3v) is 4.35. The molecule has 1 aromatic heterocycles. The van der Waals surface area contributed by atoms with Crippen molar-refractivity contribution in [2.45, 2.75) is 24.2 Å². The summed E-state index contributed by atoms with van der Waals surface area (Å²) in [5.74, 6) is -0.751. The summed E-state index contributed by atoms with van der Waals surface area (Å²) in [5, 5.41) is 0. The van der Waals surface area contributed by atoms with Crippen LogP contribution in [0.2, 0.25) is 0 Å². The predicted molar refractivity (Wildman–Crippen MR) is 74.8 cm³/mol. The fourth-order valence-corrected chi connectivity index (χ4v) is 3.04. The number of carbonyl (C=O) groups is 1. The van der Waals surface area contributed by atoms with Crippen LogP contribution in [0.5, 0.6) is 0 Å². The van der Waals surface area contributed by atoms with E-state index in [1.807, 2.05) is 0 Å². The monoisotopic (exact) mass is 306 g/mol. The predicted octanol–water partition coefficient (Wildman–Crippen LogP) is 1.51. The second-order valence-corrected chi connectivity index (χ2v) is 6.29. The zero-order valence-corrected chi connectivity index (χ0v) is 12.2. The average molecular weight is 306 g/mol. The summed E-state index contributed by atoms with van der Waals surface area (Å²) in [4.78, 5) is 19.1. The Kier molecular flexibility index (Phi) is 4.64. The van der Waals surface area contributed by atoms with Gasteiger partial charge in [0, 0.05) is 19.3 Å². The smallest absolute Gasteiger partial charge is 0.303 e. The molecule has 0 aliphatic rings. The van der Waals surface area contributed by atoms with E-state index in [0.717, 1.165) is 0 Å². The first-order valence-corrected chi connectivity index (χ1v) is 7.84. The Bertz CT molecular complexity index is 730. The van der Waals surface area contributed by atoms with Gasteiger partial charge in [0.15, 0.2) is 9.84 Å². The first-order valence-electron chi connectivity index (χ1n) is 6.19. The Morgan fingerprint density at radius 1 is 1.10 bits per heavy atom. The van der Waals surface area contributed by atoms with E-state index in [4.69, 9.17) is 4.74 Å². The molecule has 2 rings (SSSR count). The molecular formula is C14H14N2O4S. The minimum absolute atomic E-state index is 0.0944. The van der Waals surface area contributed by atoms with Gasteiger partial charge in [-0.15, -0.1) is 0 Å². The summed E-state index contributed by atoms with van der Waals surface area (Å²) in [6.07, 6.45) is 2.84. The molecule has 0 amide bonds. The molecule has 0 radical (unpaired) electrons. The van der Waals surface area contributed by atoms with E-state index in [-0.39, 0.29) is 22.9 Å². The standard InChI is InChI=1S/C14H14N2O4S/c1-11(17)20-9-13-14(16-8-7-15-13)10-21(18,19)12-5-3-2-4-6-12/h2-8H,9-10H2,1H3. The third-order valence-electron chi connectivity index (χ3n) is 2.70. The molecule has 0 bridgehead atoms. The molecule has 21 heavy (non-hydrogen) atoms. The van der Waals surface area contributed by atoms with Crippen molar-refractivity contribution in [3.8, 4) is 0 Å². The van der Waals surface area contributed by atoms with Gasteiger partial charge in [0.25, 0.3) is 0 Å². The first kappa shape index (κ1) is 15.1. The summed E-state index contributed by atoms with van der Waals surface area (Å²) in [7, 11) is -3.52. The highest BCUT2D eigenvalue weighted by Crippen LogP contribution is 2.16. The lowest BCUT2D eigenvalue weighted by Crippen LogP contribution is -2.11. The van der Waals surface area contributed by atoms with Crippen molar-refractivity contribution in [3.05, 3.63) is 54.1 Å². The zero-order chi connectivity index (χ0) is 15.3. The Morgan fingerprint density at radius 3 is 2.33 bits per heavy atom. The third kappa shape index (κ3) is 4.09. The van der Waals surface area contributed by atoms with Crippen molar-refractivity contribution in [1.82, 2.24) is 9.97 Å². The van der Waals surface area contributed by atoms with Gasteiger partial charge in [-0.2, -0.15) is 0 Å². The van der Waals surface area contributed by atoms with Crippen LogP contribution in [0.4, 0.5) is 0 Å². The molecule has 1 heterocycles. The van der Waals surface area contributed by atoms with Crippen LogP contribution in [0.25, 0.3) is 0 Å². The zero-order valence-electron chi connectivity index (χ0n) is 11.4. The topological polar surface area (TPSA) is 86.2 Å². The van der Waals surface area contributed by atoms with E-state index in [2.05, 4.69) is 9.97 Å². The lowest BCUT2D eigenvalue weighted by molar-refractivity contribution is -0.142. The minimum atomic E-state index is -3.52. The number of aromatic nitrogens is 2. The van der Waals surface area contributed by atoms with Crippen molar-refractivity contribution in [3.63, 3.8) is 0 Å². The molecule has 0 saturated carbocycles. The normalized spacial score (nSPS) is 11.1. The van der Waals surface area contributed by atoms with Crippen molar-refractivity contribution in [2.75, 3.05) is 0 Å². The van der Waals surface area contributed by atoms with E-state index in [1.165, 1.54) is 31.5 Å². The Labute approximate surface area is 122 Å². The number of nitrogens with zero attached hydrogens (tertiary/aromatic N) is 2. The molecule has 2 aromatic rings. The van der Waals surface area contributed by atoms with E-state index in [9.17, 15) is 13.2 Å².